The van der Waals surface area contributed by atoms with E-state index >= 15 is 0 Å². The molecule has 4 rings (SSSR count). The Morgan fingerprint density at radius 2 is 0.500 bits per heavy atom. The van der Waals surface area contributed by atoms with Gasteiger partial charge in [0.1, 0.15) is 0 Å². The molecule has 204 valence electrons. The Hall–Kier alpha value is 0. The fourth-order valence-corrected chi connectivity index (χ4v) is 5.78. The second-order valence-electron chi connectivity index (χ2n) is 15.4. The highest BCUT2D eigenvalue weighted by atomic mass is 14.4. The first-order valence-corrected chi connectivity index (χ1v) is 15.6. The molecule has 0 aliphatic heterocycles. The highest BCUT2D eigenvalue weighted by Crippen LogP contribution is 2.51. The van der Waals surface area contributed by atoms with Gasteiger partial charge < -0.3 is 0 Å². The lowest BCUT2D eigenvalue weighted by atomic mass is 9.64. The Labute approximate surface area is 218 Å². The average Bonchev–Trinajstić information content (AvgIpc) is 3.34. The summed E-state index contributed by atoms with van der Waals surface area (Å²) < 4.78 is 0. The van der Waals surface area contributed by atoms with Crippen LogP contribution in [0.25, 0.3) is 0 Å². The van der Waals surface area contributed by atoms with E-state index in [0.29, 0.717) is 10.8 Å². The van der Waals surface area contributed by atoms with E-state index in [4.69, 9.17) is 0 Å². The number of hydrogen-bond acceptors (Lipinski definition) is 0. The SMILES string of the molecule is CC(C)C1(C)CC1.CC(C)C1(C)CCC1.CC(C)C1(C)CCCC1.CC(C)C1(C)CCCCC1. The zero-order valence-electron chi connectivity index (χ0n) is 26.2. The summed E-state index contributed by atoms with van der Waals surface area (Å²) in [6, 6.07) is 0. The molecule has 0 aromatic rings. The fraction of sp³-hybridized carbons (Fsp3) is 1.00. The van der Waals surface area contributed by atoms with Crippen LogP contribution in [0.5, 0.6) is 0 Å². The van der Waals surface area contributed by atoms with Crippen LogP contribution in [-0.4, -0.2) is 0 Å². The van der Waals surface area contributed by atoms with Crippen LogP contribution in [0.1, 0.15) is 173 Å². The van der Waals surface area contributed by atoms with E-state index in [1.807, 2.05) is 0 Å². The largest absolute Gasteiger partial charge is 0.0623 e. The molecule has 0 saturated heterocycles. The molecule has 0 atom stereocenters. The molecule has 0 spiro atoms. The zero-order valence-corrected chi connectivity index (χ0v) is 26.2. The molecule has 0 radical (unpaired) electrons. The van der Waals surface area contributed by atoms with Gasteiger partial charge in [-0.1, -0.05) is 122 Å². The molecule has 34 heavy (non-hydrogen) atoms. The lowest BCUT2D eigenvalue weighted by molar-refractivity contribution is 0.0934. The third-order valence-corrected chi connectivity index (χ3v) is 11.9. The van der Waals surface area contributed by atoms with Crippen LogP contribution in [0.2, 0.25) is 0 Å². The topological polar surface area (TPSA) is 0 Å². The van der Waals surface area contributed by atoms with Gasteiger partial charge in [-0.25, -0.2) is 0 Å². The van der Waals surface area contributed by atoms with E-state index in [9.17, 15) is 0 Å². The average molecular weight is 477 g/mol. The van der Waals surface area contributed by atoms with Gasteiger partial charge in [-0.3, -0.25) is 0 Å². The Kier molecular flexibility index (Phi) is 12.7. The quantitative estimate of drug-likeness (QED) is 0.378. The van der Waals surface area contributed by atoms with Crippen molar-refractivity contribution in [2.75, 3.05) is 0 Å². The van der Waals surface area contributed by atoms with Gasteiger partial charge in [0.25, 0.3) is 0 Å². The third kappa shape index (κ3) is 9.81. The maximum Gasteiger partial charge on any atom is -0.0302 e. The van der Waals surface area contributed by atoms with Gasteiger partial charge in [0.2, 0.25) is 0 Å². The highest BCUT2D eigenvalue weighted by Gasteiger charge is 2.39. The molecule has 0 heteroatoms. The van der Waals surface area contributed by atoms with Gasteiger partial charge in [0.05, 0.1) is 0 Å². The van der Waals surface area contributed by atoms with Crippen molar-refractivity contribution >= 4 is 0 Å². The summed E-state index contributed by atoms with van der Waals surface area (Å²) in [5.74, 6) is 3.58. The molecule has 0 heterocycles. The summed E-state index contributed by atoms with van der Waals surface area (Å²) in [5.41, 5.74) is 2.85. The standard InChI is InChI=1S/C10H20.C9H18.C8H16.C7H14/c1-9(2)10(3)7-5-4-6-8-10;1-8(2)9(3)6-4-5-7-9;1-7(2)8(3)5-4-6-8;1-6(2)7(3)4-5-7/h9H,4-8H2,1-3H3;8H,4-7H2,1-3H3;7H,4-6H2,1-3H3;6H,4-5H2,1-3H3. The van der Waals surface area contributed by atoms with Crippen LogP contribution in [-0.2, 0) is 0 Å². The van der Waals surface area contributed by atoms with Crippen LogP contribution in [0.15, 0.2) is 0 Å². The Morgan fingerprint density at radius 3 is 0.618 bits per heavy atom. The van der Waals surface area contributed by atoms with E-state index in [2.05, 4.69) is 83.1 Å². The first-order valence-electron chi connectivity index (χ1n) is 15.6. The van der Waals surface area contributed by atoms with Crippen LogP contribution >= 0.6 is 0 Å². The van der Waals surface area contributed by atoms with Crippen LogP contribution in [0.4, 0.5) is 0 Å². The minimum atomic E-state index is 0.679. The van der Waals surface area contributed by atoms with E-state index in [0.717, 1.165) is 34.5 Å². The first kappa shape index (κ1) is 32.0. The molecular formula is C34H68. The minimum Gasteiger partial charge on any atom is -0.0623 e. The molecular weight excluding hydrogens is 408 g/mol. The lowest BCUT2D eigenvalue weighted by Crippen LogP contribution is -2.30. The van der Waals surface area contributed by atoms with E-state index < -0.39 is 0 Å². The van der Waals surface area contributed by atoms with Gasteiger partial charge in [-0.2, -0.15) is 0 Å². The summed E-state index contributed by atoms with van der Waals surface area (Å²) in [7, 11) is 0. The predicted octanol–water partition coefficient (Wildman–Crippen LogP) is 12.1. The van der Waals surface area contributed by atoms with Crippen molar-refractivity contribution in [3.05, 3.63) is 0 Å². The third-order valence-electron chi connectivity index (χ3n) is 11.9. The second-order valence-corrected chi connectivity index (χ2v) is 15.4. The molecule has 4 saturated carbocycles. The van der Waals surface area contributed by atoms with Crippen molar-refractivity contribution in [2.45, 2.75) is 173 Å². The zero-order chi connectivity index (χ0) is 26.2. The Balaban J connectivity index is 0.000000228. The van der Waals surface area contributed by atoms with E-state index in [-0.39, 0.29) is 0 Å². The summed E-state index contributed by atoms with van der Waals surface area (Å²) >= 11 is 0. The summed E-state index contributed by atoms with van der Waals surface area (Å²) in [5, 5.41) is 0. The lowest BCUT2D eigenvalue weighted by Gasteiger charge is -2.42. The minimum absolute atomic E-state index is 0.679. The maximum atomic E-state index is 2.46. The molecule has 0 unspecified atom stereocenters. The molecule has 4 aliphatic carbocycles. The molecule has 0 nitrogen and oxygen atoms in total. The molecule has 4 fully saturated rings. The molecule has 4 aliphatic rings. The molecule has 0 amide bonds. The summed E-state index contributed by atoms with van der Waals surface area (Å²) in [4.78, 5) is 0. The summed E-state index contributed by atoms with van der Waals surface area (Å²) in [6.45, 7) is 28.4. The van der Waals surface area contributed by atoms with Gasteiger partial charge in [0, 0.05) is 0 Å². The van der Waals surface area contributed by atoms with Gasteiger partial charge in [-0.15, -0.1) is 0 Å². The first-order chi connectivity index (χ1) is 15.6. The van der Waals surface area contributed by atoms with Crippen molar-refractivity contribution in [1.82, 2.24) is 0 Å². The van der Waals surface area contributed by atoms with E-state index in [1.165, 1.54) is 89.9 Å². The Morgan fingerprint density at radius 1 is 0.294 bits per heavy atom. The predicted molar refractivity (Wildman–Crippen MR) is 156 cm³/mol. The normalized spacial score (nSPS) is 25.4. The second kappa shape index (κ2) is 13.5. The number of hydrogen-bond donors (Lipinski definition) is 0. The maximum absolute atomic E-state index is 2.46. The molecule has 0 bridgehead atoms. The highest BCUT2D eigenvalue weighted by molar-refractivity contribution is 4.90. The number of rotatable bonds is 4. The van der Waals surface area contributed by atoms with Crippen molar-refractivity contribution in [2.24, 2.45) is 45.3 Å². The van der Waals surface area contributed by atoms with Crippen molar-refractivity contribution in [1.29, 1.82) is 0 Å². The van der Waals surface area contributed by atoms with Gasteiger partial charge in [-0.05, 0) is 96.7 Å². The van der Waals surface area contributed by atoms with Gasteiger partial charge >= 0.3 is 0 Å². The fourth-order valence-electron chi connectivity index (χ4n) is 5.78. The molecule has 0 aromatic heterocycles. The van der Waals surface area contributed by atoms with Crippen molar-refractivity contribution < 1.29 is 0 Å². The molecule has 0 N–H and O–H groups in total. The van der Waals surface area contributed by atoms with E-state index in [1.54, 1.807) is 0 Å². The van der Waals surface area contributed by atoms with Crippen LogP contribution < -0.4 is 0 Å². The monoisotopic (exact) mass is 477 g/mol. The Bertz CT molecular complexity index is 528. The molecule has 0 aromatic carbocycles. The smallest absolute Gasteiger partial charge is 0.0302 e. The van der Waals surface area contributed by atoms with Crippen LogP contribution in [0, 0.1) is 45.3 Å². The van der Waals surface area contributed by atoms with Crippen molar-refractivity contribution in [3.63, 3.8) is 0 Å². The van der Waals surface area contributed by atoms with Gasteiger partial charge in [0.15, 0.2) is 0 Å². The van der Waals surface area contributed by atoms with Crippen LogP contribution in [0.3, 0.4) is 0 Å². The van der Waals surface area contributed by atoms with Crippen molar-refractivity contribution in [3.8, 4) is 0 Å². The summed E-state index contributed by atoms with van der Waals surface area (Å²) in [6.07, 6.45) is 20.5.